The van der Waals surface area contributed by atoms with Crippen molar-refractivity contribution in [3.63, 3.8) is 0 Å². The van der Waals surface area contributed by atoms with Crippen molar-refractivity contribution in [3.05, 3.63) is 0 Å². The van der Waals surface area contributed by atoms with Gasteiger partial charge < -0.3 is 24.8 Å². The highest BCUT2D eigenvalue weighted by atomic mass is 16.6. The van der Waals surface area contributed by atoms with E-state index in [0.29, 0.717) is 26.1 Å². The van der Waals surface area contributed by atoms with Gasteiger partial charge in [0.25, 0.3) is 0 Å². The summed E-state index contributed by atoms with van der Waals surface area (Å²) < 4.78 is 10.2. The van der Waals surface area contributed by atoms with Crippen LogP contribution in [-0.2, 0) is 14.3 Å². The number of Topliss-reactive ketones (excluding diaryl/α,β-unsaturated/α-hetero) is 1. The molecular weight excluding hydrogens is 240 g/mol. The number of ketones is 1. The lowest BCUT2D eigenvalue weighted by molar-refractivity contribution is -0.179. The summed E-state index contributed by atoms with van der Waals surface area (Å²) in [7, 11) is 0. The zero-order valence-electron chi connectivity index (χ0n) is 11.5. The molecule has 0 aliphatic carbocycles. The van der Waals surface area contributed by atoms with E-state index in [2.05, 4.69) is 0 Å². The van der Waals surface area contributed by atoms with Crippen LogP contribution in [0.15, 0.2) is 0 Å². The van der Waals surface area contributed by atoms with Crippen molar-refractivity contribution in [2.24, 2.45) is 0 Å². The SMILES string of the molecule is CC(C)(O)O.CC(C)(O)OCCC1OCCC1=O. The fraction of sp³-hybridized carbons (Fsp3) is 0.917. The monoisotopic (exact) mass is 264 g/mol. The summed E-state index contributed by atoms with van der Waals surface area (Å²) in [5.41, 5.74) is 0. The number of ether oxygens (including phenoxy) is 2. The maximum absolute atomic E-state index is 11.1. The third-order valence-electron chi connectivity index (χ3n) is 1.86. The summed E-state index contributed by atoms with van der Waals surface area (Å²) in [6.45, 7) is 6.58. The minimum atomic E-state index is -1.50. The first kappa shape index (κ1) is 17.5. The van der Waals surface area contributed by atoms with Gasteiger partial charge in [-0.1, -0.05) is 0 Å². The second kappa shape index (κ2) is 7.16. The fourth-order valence-corrected chi connectivity index (χ4v) is 1.22. The summed E-state index contributed by atoms with van der Waals surface area (Å²) in [5.74, 6) is -2.49. The summed E-state index contributed by atoms with van der Waals surface area (Å²) in [6, 6.07) is 0. The molecule has 1 saturated heterocycles. The predicted octanol–water partition coefficient (Wildman–Crippen LogP) is 0.187. The molecule has 0 spiro atoms. The molecule has 0 aromatic rings. The molecule has 1 heterocycles. The zero-order chi connectivity index (χ0) is 14.4. The number of rotatable bonds is 4. The lowest BCUT2D eigenvalue weighted by Gasteiger charge is -2.18. The van der Waals surface area contributed by atoms with Crippen LogP contribution < -0.4 is 0 Å². The molecule has 1 aliphatic heterocycles. The lowest BCUT2D eigenvalue weighted by Crippen LogP contribution is -2.26. The van der Waals surface area contributed by atoms with E-state index < -0.39 is 11.6 Å². The van der Waals surface area contributed by atoms with Gasteiger partial charge in [-0.25, -0.2) is 0 Å². The second-order valence-corrected chi connectivity index (χ2v) is 5.15. The number of aliphatic hydroxyl groups is 3. The van der Waals surface area contributed by atoms with Gasteiger partial charge in [-0.15, -0.1) is 0 Å². The van der Waals surface area contributed by atoms with Crippen LogP contribution in [0.2, 0.25) is 0 Å². The molecule has 6 heteroatoms. The molecular formula is C12H24O6. The fourth-order valence-electron chi connectivity index (χ4n) is 1.22. The largest absolute Gasteiger partial charge is 0.370 e. The molecule has 0 amide bonds. The maximum Gasteiger partial charge on any atom is 0.163 e. The Morgan fingerprint density at radius 1 is 1.28 bits per heavy atom. The minimum Gasteiger partial charge on any atom is -0.370 e. The smallest absolute Gasteiger partial charge is 0.163 e. The first-order valence-corrected chi connectivity index (χ1v) is 5.94. The van der Waals surface area contributed by atoms with Crippen molar-refractivity contribution in [2.45, 2.75) is 58.2 Å². The Kier molecular flexibility index (Phi) is 6.94. The third-order valence-corrected chi connectivity index (χ3v) is 1.86. The van der Waals surface area contributed by atoms with Gasteiger partial charge in [0.2, 0.25) is 0 Å². The molecule has 108 valence electrons. The van der Waals surface area contributed by atoms with Crippen LogP contribution in [0.4, 0.5) is 0 Å². The van der Waals surface area contributed by atoms with E-state index in [-0.39, 0.29) is 11.9 Å². The second-order valence-electron chi connectivity index (χ2n) is 5.15. The van der Waals surface area contributed by atoms with Gasteiger partial charge in [0, 0.05) is 12.8 Å². The van der Waals surface area contributed by atoms with Crippen molar-refractivity contribution >= 4 is 5.78 Å². The van der Waals surface area contributed by atoms with E-state index in [1.807, 2.05) is 0 Å². The Morgan fingerprint density at radius 2 is 1.78 bits per heavy atom. The van der Waals surface area contributed by atoms with Crippen LogP contribution in [0.1, 0.15) is 40.5 Å². The van der Waals surface area contributed by atoms with Crippen LogP contribution in [0.5, 0.6) is 0 Å². The first-order chi connectivity index (χ1) is 7.99. The third kappa shape index (κ3) is 11.9. The molecule has 18 heavy (non-hydrogen) atoms. The van der Waals surface area contributed by atoms with Gasteiger partial charge in [0.1, 0.15) is 6.10 Å². The minimum absolute atomic E-state index is 0.138. The van der Waals surface area contributed by atoms with Crippen LogP contribution in [0.3, 0.4) is 0 Å². The average molecular weight is 264 g/mol. The van der Waals surface area contributed by atoms with E-state index in [4.69, 9.17) is 19.7 Å². The van der Waals surface area contributed by atoms with Crippen molar-refractivity contribution in [2.75, 3.05) is 13.2 Å². The standard InChI is InChI=1S/C9H16O4.C3H8O2/c1-9(2,11)13-6-4-8-7(10)3-5-12-8;1-3(2,4)5/h8,11H,3-6H2,1-2H3;4-5H,1-2H3. The first-order valence-electron chi connectivity index (χ1n) is 5.94. The van der Waals surface area contributed by atoms with Crippen LogP contribution >= 0.6 is 0 Å². The highest BCUT2D eigenvalue weighted by molar-refractivity contribution is 5.84. The molecule has 1 aliphatic rings. The van der Waals surface area contributed by atoms with Crippen LogP contribution in [0.25, 0.3) is 0 Å². The quantitative estimate of drug-likeness (QED) is 0.627. The highest BCUT2D eigenvalue weighted by Gasteiger charge is 2.25. The molecule has 0 bridgehead atoms. The molecule has 0 aromatic heterocycles. The van der Waals surface area contributed by atoms with Crippen LogP contribution in [0, 0.1) is 0 Å². The van der Waals surface area contributed by atoms with E-state index >= 15 is 0 Å². The zero-order valence-corrected chi connectivity index (χ0v) is 11.5. The summed E-state index contributed by atoms with van der Waals surface area (Å²) >= 11 is 0. The number of hydrogen-bond donors (Lipinski definition) is 3. The van der Waals surface area contributed by atoms with Gasteiger partial charge in [0.15, 0.2) is 17.4 Å². The van der Waals surface area contributed by atoms with Gasteiger partial charge >= 0.3 is 0 Å². The summed E-state index contributed by atoms with van der Waals surface area (Å²) in [6.07, 6.45) is 0.720. The summed E-state index contributed by atoms with van der Waals surface area (Å²) in [5, 5.41) is 25.4. The Bertz CT molecular complexity index is 244. The molecule has 0 aromatic carbocycles. The lowest BCUT2D eigenvalue weighted by atomic mass is 10.2. The normalized spacial score (nSPS) is 20.6. The number of carbonyl (C=O) groups is 1. The van der Waals surface area contributed by atoms with Gasteiger partial charge in [-0.2, -0.15) is 0 Å². The topological polar surface area (TPSA) is 96.2 Å². The average Bonchev–Trinajstić information content (AvgIpc) is 2.46. The van der Waals surface area contributed by atoms with E-state index in [0.717, 1.165) is 0 Å². The predicted molar refractivity (Wildman–Crippen MR) is 64.7 cm³/mol. The molecule has 1 atom stereocenters. The van der Waals surface area contributed by atoms with Gasteiger partial charge in [-0.3, -0.25) is 4.79 Å². The Morgan fingerprint density at radius 3 is 2.11 bits per heavy atom. The molecule has 0 radical (unpaired) electrons. The van der Waals surface area contributed by atoms with E-state index in [1.54, 1.807) is 13.8 Å². The number of hydrogen-bond acceptors (Lipinski definition) is 6. The number of carbonyl (C=O) groups excluding carboxylic acids is 1. The van der Waals surface area contributed by atoms with Gasteiger partial charge in [-0.05, 0) is 27.7 Å². The molecule has 1 rings (SSSR count). The van der Waals surface area contributed by atoms with Crippen LogP contribution in [-0.4, -0.2) is 52.0 Å². The van der Waals surface area contributed by atoms with Crippen molar-refractivity contribution in [1.82, 2.24) is 0 Å². The Labute approximate surface area is 108 Å². The molecule has 6 nitrogen and oxygen atoms in total. The Balaban J connectivity index is 0.000000494. The molecule has 3 N–H and O–H groups in total. The maximum atomic E-state index is 11.1. The molecule has 0 saturated carbocycles. The summed E-state index contributed by atoms with van der Waals surface area (Å²) in [4.78, 5) is 11.1. The molecule has 1 unspecified atom stereocenters. The Hall–Kier alpha value is -0.530. The van der Waals surface area contributed by atoms with Crippen molar-refractivity contribution in [3.8, 4) is 0 Å². The van der Waals surface area contributed by atoms with E-state index in [9.17, 15) is 9.90 Å². The van der Waals surface area contributed by atoms with Gasteiger partial charge in [0.05, 0.1) is 13.2 Å². The van der Waals surface area contributed by atoms with Crippen molar-refractivity contribution < 1.29 is 29.6 Å². The highest BCUT2D eigenvalue weighted by Crippen LogP contribution is 2.13. The molecule has 1 fully saturated rings. The van der Waals surface area contributed by atoms with E-state index in [1.165, 1.54) is 13.8 Å². The van der Waals surface area contributed by atoms with Crippen molar-refractivity contribution in [1.29, 1.82) is 0 Å².